The molecule has 1 aromatic heterocycles. The molecule has 0 saturated carbocycles. The fourth-order valence-electron chi connectivity index (χ4n) is 2.03. The lowest BCUT2D eigenvalue weighted by Crippen LogP contribution is -2.24. The number of hydrogen-bond donors (Lipinski definition) is 1. The molecule has 2 rings (SSSR count). The molecular formula is C15H21NO2. The average molecular weight is 247 g/mol. The summed E-state index contributed by atoms with van der Waals surface area (Å²) in [5, 5.41) is 10.3. The van der Waals surface area contributed by atoms with Crippen LogP contribution in [0.4, 0.5) is 0 Å². The van der Waals surface area contributed by atoms with Gasteiger partial charge in [-0.2, -0.15) is 0 Å². The maximum Gasteiger partial charge on any atom is 0.0682 e. The van der Waals surface area contributed by atoms with Crippen molar-refractivity contribution in [2.75, 3.05) is 7.11 Å². The highest BCUT2D eigenvalue weighted by Gasteiger charge is 2.16. The van der Waals surface area contributed by atoms with Crippen LogP contribution < -0.4 is 0 Å². The standard InChI is InChI=1S/C15H21NO2/c1-15(2,18-3)7-9-16-8-6-13-10-12(11-17)4-5-14(13)16/h4-6,8,10,17H,7,9,11H2,1-3H3. The van der Waals surface area contributed by atoms with Gasteiger partial charge in [0.05, 0.1) is 12.2 Å². The third-order valence-electron chi connectivity index (χ3n) is 3.53. The summed E-state index contributed by atoms with van der Waals surface area (Å²) in [4.78, 5) is 0. The fourth-order valence-corrected chi connectivity index (χ4v) is 2.03. The van der Waals surface area contributed by atoms with Gasteiger partial charge in [0.15, 0.2) is 0 Å². The van der Waals surface area contributed by atoms with E-state index < -0.39 is 0 Å². The second-order valence-electron chi connectivity index (χ2n) is 5.27. The van der Waals surface area contributed by atoms with Crippen LogP contribution in [0.25, 0.3) is 10.9 Å². The van der Waals surface area contributed by atoms with Gasteiger partial charge in [-0.25, -0.2) is 0 Å². The minimum Gasteiger partial charge on any atom is -0.392 e. The lowest BCUT2D eigenvalue weighted by molar-refractivity contribution is 0.0123. The number of rotatable bonds is 5. The zero-order valence-electron chi connectivity index (χ0n) is 11.3. The van der Waals surface area contributed by atoms with Gasteiger partial charge in [0.2, 0.25) is 0 Å². The molecule has 0 amide bonds. The molecule has 1 heterocycles. The van der Waals surface area contributed by atoms with Crippen molar-refractivity contribution in [1.82, 2.24) is 4.57 Å². The largest absolute Gasteiger partial charge is 0.392 e. The molecule has 0 atom stereocenters. The molecule has 98 valence electrons. The Labute approximate surface area is 108 Å². The molecule has 3 nitrogen and oxygen atoms in total. The number of aliphatic hydroxyl groups excluding tert-OH is 1. The van der Waals surface area contributed by atoms with Crippen LogP contribution >= 0.6 is 0 Å². The molecule has 0 unspecified atom stereocenters. The maximum absolute atomic E-state index is 9.12. The first-order chi connectivity index (χ1) is 8.55. The molecule has 3 heteroatoms. The number of ether oxygens (including phenoxy) is 1. The second-order valence-corrected chi connectivity index (χ2v) is 5.27. The molecule has 2 aromatic rings. The zero-order valence-corrected chi connectivity index (χ0v) is 11.3. The highest BCUT2D eigenvalue weighted by Crippen LogP contribution is 2.20. The minimum atomic E-state index is -0.0956. The van der Waals surface area contributed by atoms with Gasteiger partial charge in [-0.15, -0.1) is 0 Å². The SMILES string of the molecule is COC(C)(C)CCn1ccc2cc(CO)ccc21. The van der Waals surface area contributed by atoms with Crippen LogP contribution in [0, 0.1) is 0 Å². The molecule has 0 bridgehead atoms. The highest BCUT2D eigenvalue weighted by molar-refractivity contribution is 5.80. The van der Waals surface area contributed by atoms with Gasteiger partial charge in [0.25, 0.3) is 0 Å². The molecule has 1 aromatic carbocycles. The van der Waals surface area contributed by atoms with E-state index in [2.05, 4.69) is 36.7 Å². The van der Waals surface area contributed by atoms with Gasteiger partial charge in [-0.1, -0.05) is 6.07 Å². The van der Waals surface area contributed by atoms with Crippen molar-refractivity contribution >= 4 is 10.9 Å². The number of benzene rings is 1. The Morgan fingerprint density at radius 2 is 2.06 bits per heavy atom. The lowest BCUT2D eigenvalue weighted by atomic mass is 10.1. The summed E-state index contributed by atoms with van der Waals surface area (Å²) in [6.07, 6.45) is 3.06. The Hall–Kier alpha value is -1.32. The maximum atomic E-state index is 9.12. The number of aliphatic hydroxyl groups is 1. The summed E-state index contributed by atoms with van der Waals surface area (Å²) < 4.78 is 7.67. The predicted octanol–water partition coefficient (Wildman–Crippen LogP) is 2.95. The summed E-state index contributed by atoms with van der Waals surface area (Å²) >= 11 is 0. The highest BCUT2D eigenvalue weighted by atomic mass is 16.5. The van der Waals surface area contributed by atoms with Crippen molar-refractivity contribution < 1.29 is 9.84 Å². The summed E-state index contributed by atoms with van der Waals surface area (Å²) in [7, 11) is 1.75. The van der Waals surface area contributed by atoms with Gasteiger partial charge < -0.3 is 14.4 Å². The molecule has 0 saturated heterocycles. The molecule has 0 spiro atoms. The predicted molar refractivity (Wildman–Crippen MR) is 73.6 cm³/mol. The van der Waals surface area contributed by atoms with E-state index in [-0.39, 0.29) is 12.2 Å². The molecule has 0 aliphatic carbocycles. The van der Waals surface area contributed by atoms with Crippen LogP contribution in [0.1, 0.15) is 25.8 Å². The van der Waals surface area contributed by atoms with Crippen molar-refractivity contribution in [3.8, 4) is 0 Å². The van der Waals surface area contributed by atoms with Gasteiger partial charge in [-0.3, -0.25) is 0 Å². The second kappa shape index (κ2) is 5.12. The first-order valence-electron chi connectivity index (χ1n) is 6.29. The van der Waals surface area contributed by atoms with E-state index in [9.17, 15) is 0 Å². The number of nitrogens with zero attached hydrogens (tertiary/aromatic N) is 1. The van der Waals surface area contributed by atoms with Crippen LogP contribution in [-0.2, 0) is 17.9 Å². The van der Waals surface area contributed by atoms with Gasteiger partial charge in [0, 0.05) is 25.4 Å². The van der Waals surface area contributed by atoms with E-state index in [0.717, 1.165) is 18.5 Å². The molecule has 0 radical (unpaired) electrons. The lowest BCUT2D eigenvalue weighted by Gasteiger charge is -2.23. The smallest absolute Gasteiger partial charge is 0.0682 e. The van der Waals surface area contributed by atoms with Crippen LogP contribution in [0.15, 0.2) is 30.5 Å². The fraction of sp³-hybridized carbons (Fsp3) is 0.467. The summed E-state index contributed by atoms with van der Waals surface area (Å²) in [6.45, 7) is 5.23. The van der Waals surface area contributed by atoms with Gasteiger partial charge >= 0.3 is 0 Å². The number of fused-ring (bicyclic) bond motifs is 1. The Kier molecular flexibility index (Phi) is 3.73. The third-order valence-corrected chi connectivity index (χ3v) is 3.53. The Balaban J connectivity index is 2.19. The summed E-state index contributed by atoms with van der Waals surface area (Å²) in [6, 6.07) is 8.17. The monoisotopic (exact) mass is 247 g/mol. The Bertz CT molecular complexity index is 528. The quantitative estimate of drug-likeness (QED) is 0.881. The molecule has 0 aliphatic rings. The molecule has 1 N–H and O–H groups in total. The van der Waals surface area contributed by atoms with Crippen molar-refractivity contribution in [2.24, 2.45) is 0 Å². The van der Waals surface area contributed by atoms with E-state index in [1.54, 1.807) is 7.11 Å². The molecule has 0 aliphatic heterocycles. The number of methoxy groups -OCH3 is 1. The normalized spacial score (nSPS) is 12.2. The number of aryl methyl sites for hydroxylation is 1. The van der Waals surface area contributed by atoms with E-state index in [0.29, 0.717) is 0 Å². The number of aromatic nitrogens is 1. The zero-order chi connectivity index (χ0) is 13.2. The van der Waals surface area contributed by atoms with Crippen molar-refractivity contribution in [2.45, 2.75) is 39.0 Å². The van der Waals surface area contributed by atoms with E-state index in [1.165, 1.54) is 10.9 Å². The van der Waals surface area contributed by atoms with Gasteiger partial charge in [0.1, 0.15) is 0 Å². The minimum absolute atomic E-state index is 0.0951. The van der Waals surface area contributed by atoms with Crippen molar-refractivity contribution in [3.63, 3.8) is 0 Å². The first-order valence-corrected chi connectivity index (χ1v) is 6.29. The van der Waals surface area contributed by atoms with Crippen LogP contribution in [0.5, 0.6) is 0 Å². The van der Waals surface area contributed by atoms with E-state index >= 15 is 0 Å². The Morgan fingerprint density at radius 3 is 2.72 bits per heavy atom. The van der Waals surface area contributed by atoms with Crippen LogP contribution in [0.2, 0.25) is 0 Å². The molecule has 18 heavy (non-hydrogen) atoms. The summed E-state index contributed by atoms with van der Waals surface area (Å²) in [5.74, 6) is 0. The summed E-state index contributed by atoms with van der Waals surface area (Å²) in [5.41, 5.74) is 2.07. The van der Waals surface area contributed by atoms with Crippen molar-refractivity contribution in [1.29, 1.82) is 0 Å². The first kappa shape index (κ1) is 13.1. The Morgan fingerprint density at radius 1 is 1.28 bits per heavy atom. The third kappa shape index (κ3) is 2.74. The molecular weight excluding hydrogens is 226 g/mol. The van der Waals surface area contributed by atoms with Gasteiger partial charge in [-0.05, 0) is 49.4 Å². The average Bonchev–Trinajstić information content (AvgIpc) is 2.78. The van der Waals surface area contributed by atoms with Crippen LogP contribution in [0.3, 0.4) is 0 Å². The van der Waals surface area contributed by atoms with E-state index in [4.69, 9.17) is 9.84 Å². The van der Waals surface area contributed by atoms with Crippen molar-refractivity contribution in [3.05, 3.63) is 36.0 Å². The molecule has 0 fully saturated rings. The topological polar surface area (TPSA) is 34.4 Å². The number of hydrogen-bond acceptors (Lipinski definition) is 2. The van der Waals surface area contributed by atoms with Crippen LogP contribution in [-0.4, -0.2) is 22.4 Å². The van der Waals surface area contributed by atoms with E-state index in [1.807, 2.05) is 12.1 Å².